The number of nitrogens with two attached hydrogens (primary N) is 1. The van der Waals surface area contributed by atoms with Gasteiger partial charge in [-0.25, -0.2) is 18.3 Å². The van der Waals surface area contributed by atoms with Crippen molar-refractivity contribution < 1.29 is 8.78 Å². The predicted octanol–water partition coefficient (Wildman–Crippen LogP) is 7.43. The summed E-state index contributed by atoms with van der Waals surface area (Å²) in [5.74, 6) is -2.38. The van der Waals surface area contributed by atoms with Crippen LogP contribution >= 0.6 is 0 Å². The van der Waals surface area contributed by atoms with E-state index in [2.05, 4.69) is 33.9 Å². The third kappa shape index (κ3) is 8.15. The molecule has 1 fully saturated rings. The number of nitrogen functional groups attached to an aromatic ring is 1. The zero-order chi connectivity index (χ0) is 25.3. The molecule has 1 saturated carbocycles. The van der Waals surface area contributed by atoms with Crippen LogP contribution in [0.25, 0.3) is 16.8 Å². The number of hydrogen-bond acceptors (Lipinski definition) is 5. The first-order valence-electron chi connectivity index (χ1n) is 12.1. The minimum Gasteiger partial charge on any atom is -0.367 e. The Labute approximate surface area is 201 Å². The molecule has 0 aromatic carbocycles. The fraction of sp³-hybridized carbons (Fsp3) is 0.538. The number of hydrogen-bond donors (Lipinski definition) is 1. The molecule has 0 aliphatic heterocycles. The number of alkyl halides is 2. The van der Waals surface area contributed by atoms with Crippen molar-refractivity contribution >= 4 is 22.9 Å². The number of nitrogens with zero attached hydrogens (tertiary/aromatic N) is 5. The maximum absolute atomic E-state index is 11.5. The monoisotopic (exact) mass is 472 g/mol. The van der Waals surface area contributed by atoms with E-state index >= 15 is 0 Å². The summed E-state index contributed by atoms with van der Waals surface area (Å²) in [7, 11) is 0. The van der Waals surface area contributed by atoms with Crippen molar-refractivity contribution in [3.8, 4) is 11.3 Å². The van der Waals surface area contributed by atoms with Crippen LogP contribution in [0.5, 0.6) is 0 Å². The number of unbranched alkanes of at least 4 members (excludes halogenated alkanes) is 4. The van der Waals surface area contributed by atoms with E-state index in [4.69, 9.17) is 5.73 Å². The van der Waals surface area contributed by atoms with E-state index in [0.29, 0.717) is 0 Å². The average molecular weight is 473 g/mol. The van der Waals surface area contributed by atoms with E-state index in [9.17, 15) is 8.78 Å². The van der Waals surface area contributed by atoms with E-state index in [0.717, 1.165) is 33.9 Å². The number of pyridine rings is 1. The number of fused-ring (bicyclic) bond motifs is 1. The van der Waals surface area contributed by atoms with E-state index in [1.54, 1.807) is 17.6 Å². The average Bonchev–Trinajstić information content (AvgIpc) is 3.14. The molecule has 1 aliphatic carbocycles. The van der Waals surface area contributed by atoms with Gasteiger partial charge in [-0.1, -0.05) is 52.9 Å². The van der Waals surface area contributed by atoms with E-state index in [1.165, 1.54) is 32.1 Å². The molecule has 8 heteroatoms. The molecular weight excluding hydrogens is 434 g/mol. The number of rotatable bonds is 6. The van der Waals surface area contributed by atoms with E-state index < -0.39 is 5.92 Å². The van der Waals surface area contributed by atoms with Crippen LogP contribution in [-0.4, -0.2) is 31.2 Å². The molecule has 1 aliphatic rings. The minimum absolute atomic E-state index is 0.104. The summed E-state index contributed by atoms with van der Waals surface area (Å²) in [5, 5.41) is 4.13. The molecular formula is C26H38F2N6. The molecule has 6 nitrogen and oxygen atoms in total. The number of anilines is 1. The fourth-order valence-corrected chi connectivity index (χ4v) is 3.22. The molecule has 0 spiro atoms. The maximum atomic E-state index is 11.5. The Bertz CT molecular complexity index is 1080. The molecule has 0 radical (unpaired) electrons. The Morgan fingerprint density at radius 3 is 2.26 bits per heavy atom. The van der Waals surface area contributed by atoms with Gasteiger partial charge in [-0.15, -0.1) is 5.10 Å². The summed E-state index contributed by atoms with van der Waals surface area (Å²) >= 11 is 0. The van der Waals surface area contributed by atoms with Crippen molar-refractivity contribution in [2.75, 3.05) is 5.73 Å². The number of aromatic nitrogens is 4. The molecule has 0 saturated heterocycles. The second-order valence-corrected chi connectivity index (χ2v) is 8.96. The highest BCUT2D eigenvalue weighted by Gasteiger charge is 2.53. The van der Waals surface area contributed by atoms with Crippen LogP contribution in [0.2, 0.25) is 0 Å². The molecule has 0 bridgehead atoms. The van der Waals surface area contributed by atoms with Crippen LogP contribution < -0.4 is 5.73 Å². The van der Waals surface area contributed by atoms with Gasteiger partial charge in [0.25, 0.3) is 5.92 Å². The molecule has 4 rings (SSSR count). The Kier molecular flexibility index (Phi) is 10.1. The van der Waals surface area contributed by atoms with Gasteiger partial charge >= 0.3 is 0 Å². The first kappa shape index (κ1) is 27.3. The lowest BCUT2D eigenvalue weighted by Crippen LogP contribution is -1.99. The minimum atomic E-state index is -2.29. The van der Waals surface area contributed by atoms with Crippen LogP contribution in [0.3, 0.4) is 0 Å². The molecule has 3 aromatic rings. The van der Waals surface area contributed by atoms with Gasteiger partial charge in [-0.05, 0) is 39.0 Å². The van der Waals surface area contributed by atoms with Gasteiger partial charge in [0.15, 0.2) is 0 Å². The fourth-order valence-electron chi connectivity index (χ4n) is 3.22. The Hall–Kier alpha value is -2.90. The van der Waals surface area contributed by atoms with Crippen LogP contribution in [0, 0.1) is 12.8 Å². The quantitative estimate of drug-likeness (QED) is 0.299. The summed E-state index contributed by atoms with van der Waals surface area (Å²) in [4.78, 5) is 13.1. The maximum Gasteiger partial charge on any atom is 0.251 e. The van der Waals surface area contributed by atoms with Gasteiger partial charge in [-0.2, -0.15) is 0 Å². The highest BCUT2D eigenvalue weighted by Crippen LogP contribution is 2.47. The zero-order valence-electron chi connectivity index (χ0n) is 21.3. The Morgan fingerprint density at radius 2 is 1.76 bits per heavy atom. The summed E-state index contributed by atoms with van der Waals surface area (Å²) in [6.45, 7) is 11.9. The number of aryl methyl sites for hydroxylation is 1. The second-order valence-electron chi connectivity index (χ2n) is 8.96. The van der Waals surface area contributed by atoms with Crippen molar-refractivity contribution in [3.05, 3.63) is 36.3 Å². The second kappa shape index (κ2) is 12.5. The first-order chi connectivity index (χ1) is 16.1. The number of halogens is 2. The third-order valence-corrected chi connectivity index (χ3v) is 5.46. The van der Waals surface area contributed by atoms with E-state index in [-0.39, 0.29) is 18.3 Å². The lowest BCUT2D eigenvalue weighted by atomic mass is 10.1. The smallest absolute Gasteiger partial charge is 0.251 e. The van der Waals surface area contributed by atoms with Crippen molar-refractivity contribution in [2.45, 2.75) is 86.0 Å². The zero-order valence-corrected chi connectivity index (χ0v) is 21.3. The molecule has 186 valence electrons. The van der Waals surface area contributed by atoms with Crippen molar-refractivity contribution in [2.24, 2.45) is 10.9 Å². The van der Waals surface area contributed by atoms with Gasteiger partial charge in [-0.3, -0.25) is 9.98 Å². The SMILES string of the molecule is CC(C)=Nc1ccc(-c2ccn3nc(N)ncc23)nc1C.CC1CC1(F)F.CCCCCCC. The van der Waals surface area contributed by atoms with Crippen LogP contribution in [0.1, 0.15) is 78.8 Å². The third-order valence-electron chi connectivity index (χ3n) is 5.46. The normalized spacial score (nSPS) is 15.6. The van der Waals surface area contributed by atoms with Crippen molar-refractivity contribution in [1.29, 1.82) is 0 Å². The lowest BCUT2D eigenvalue weighted by molar-refractivity contribution is 0.102. The highest BCUT2D eigenvalue weighted by molar-refractivity contribution is 5.83. The van der Waals surface area contributed by atoms with Crippen LogP contribution in [-0.2, 0) is 0 Å². The largest absolute Gasteiger partial charge is 0.367 e. The molecule has 2 N–H and O–H groups in total. The van der Waals surface area contributed by atoms with Gasteiger partial charge in [0.2, 0.25) is 5.95 Å². The van der Waals surface area contributed by atoms with Gasteiger partial charge in [0, 0.05) is 29.8 Å². The highest BCUT2D eigenvalue weighted by atomic mass is 19.3. The van der Waals surface area contributed by atoms with E-state index in [1.807, 2.05) is 45.2 Å². The Morgan fingerprint density at radius 1 is 1.15 bits per heavy atom. The molecule has 0 amide bonds. The van der Waals surface area contributed by atoms with Gasteiger partial charge in [0.05, 0.1) is 28.8 Å². The first-order valence-corrected chi connectivity index (χ1v) is 12.1. The predicted molar refractivity (Wildman–Crippen MR) is 137 cm³/mol. The molecule has 1 atom stereocenters. The summed E-state index contributed by atoms with van der Waals surface area (Å²) in [5.41, 5.74) is 11.1. The van der Waals surface area contributed by atoms with Gasteiger partial charge in [0.1, 0.15) is 0 Å². The van der Waals surface area contributed by atoms with Crippen LogP contribution in [0.4, 0.5) is 20.4 Å². The summed E-state index contributed by atoms with van der Waals surface area (Å²) < 4.78 is 24.8. The molecule has 3 aromatic heterocycles. The number of aliphatic imine (C=N–C) groups is 1. The van der Waals surface area contributed by atoms with Gasteiger partial charge < -0.3 is 5.73 Å². The summed E-state index contributed by atoms with van der Waals surface area (Å²) in [6.07, 6.45) is 10.7. The molecule has 34 heavy (non-hydrogen) atoms. The Balaban J connectivity index is 0.000000257. The van der Waals surface area contributed by atoms with Crippen LogP contribution in [0.15, 0.2) is 35.6 Å². The molecule has 3 heterocycles. The van der Waals surface area contributed by atoms with Crippen molar-refractivity contribution in [3.63, 3.8) is 0 Å². The summed E-state index contributed by atoms with van der Waals surface area (Å²) in [6, 6.07) is 5.89. The standard InChI is InChI=1S/C15H16N6.C7H16.C4H6F2/c1-9(2)18-12-4-5-13(19-10(12)3)11-6-7-21-14(11)8-17-15(16)20-21;1-3-5-7-6-4-2;1-3-2-4(3,5)6/h4-8H,1-3H3,(H2,16,20);3-7H2,1-2H3;3H,2H2,1H3. The topological polar surface area (TPSA) is 81.5 Å². The van der Waals surface area contributed by atoms with Crippen molar-refractivity contribution in [1.82, 2.24) is 19.6 Å². The molecule has 1 unspecified atom stereocenters. The lowest BCUT2D eigenvalue weighted by Gasteiger charge is -2.04.